The van der Waals surface area contributed by atoms with Crippen molar-refractivity contribution in [2.24, 2.45) is 0 Å². The van der Waals surface area contributed by atoms with Crippen LogP contribution < -0.4 is 288 Å². The second kappa shape index (κ2) is 32.7. The number of hydrogen-bond donors (Lipinski definition) is 0. The molecule has 0 aromatic carbocycles. The maximum absolute atomic E-state index is 10.7. The zero-order valence-electron chi connectivity index (χ0n) is 20.1. The first-order valence-electron chi connectivity index (χ1n) is 5.55. The minimum absolute atomic E-state index is 0. The van der Waals surface area contributed by atoms with Gasteiger partial charge in [-0.2, -0.15) is 52.7 Å². The maximum Gasteiger partial charge on any atom is 1.00 e. The molecule has 0 spiro atoms. The topological polar surface area (TPSA) is 298 Å². The van der Waals surface area contributed by atoms with Crippen LogP contribution in [0, 0.1) is 0 Å². The van der Waals surface area contributed by atoms with Gasteiger partial charge in [0.1, 0.15) is 0 Å². The Bertz CT molecular complexity index is 902. The van der Waals surface area contributed by atoms with Crippen LogP contribution in [0.15, 0.2) is 0 Å². The van der Waals surface area contributed by atoms with E-state index in [0.717, 1.165) is 0 Å². The van der Waals surface area contributed by atoms with Gasteiger partial charge in [-0.05, 0) is 0 Å². The molecule has 0 saturated carbocycles. The van der Waals surface area contributed by atoms with Crippen LogP contribution in [-0.2, 0) is 40.5 Å². The number of alkyl halides is 12. The number of rotatable bonds is 0. The van der Waals surface area contributed by atoms with Crippen LogP contribution in [0.2, 0.25) is 0 Å². The van der Waals surface area contributed by atoms with Crippen molar-refractivity contribution in [1.29, 1.82) is 0 Å². The van der Waals surface area contributed by atoms with Crippen molar-refractivity contribution in [3.8, 4) is 0 Å². The minimum atomic E-state index is -6.09. The van der Waals surface area contributed by atoms with E-state index >= 15 is 0 Å². The molecule has 0 radical (unpaired) electrons. The van der Waals surface area contributed by atoms with Crippen LogP contribution in [-0.4, -0.2) is 73.9 Å². The quantitative estimate of drug-likeness (QED) is 0.0716. The van der Waals surface area contributed by atoms with Gasteiger partial charge < -0.3 is 28.5 Å². The number of halogens is 14. The Balaban J connectivity index is -0.0000000311. The fourth-order valence-corrected chi connectivity index (χ4v) is 0. The summed E-state index contributed by atoms with van der Waals surface area (Å²) in [5.41, 5.74) is -22.6. The van der Waals surface area contributed by atoms with E-state index in [1.54, 1.807) is 0 Å². The van der Waals surface area contributed by atoms with Gasteiger partial charge in [-0.25, -0.2) is 33.7 Å². The average molecular weight is 1090 g/mol. The third-order valence-electron chi connectivity index (χ3n) is 1.13. The first-order chi connectivity index (χ1) is 14.7. The van der Waals surface area contributed by atoms with Gasteiger partial charge in [-0.3, -0.25) is 0 Å². The van der Waals surface area contributed by atoms with Crippen molar-refractivity contribution in [1.82, 2.24) is 0 Å². The normalized spacial score (nSPS) is 11.5. The molecule has 0 aromatic rings. The smallest absolute Gasteiger partial charge is 0.741 e. The van der Waals surface area contributed by atoms with Gasteiger partial charge >= 0.3 is 279 Å². The summed E-state index contributed by atoms with van der Waals surface area (Å²) in [5, 5.41) is 0. The molecule has 0 saturated heterocycles. The van der Waals surface area contributed by atoms with Crippen molar-refractivity contribution in [2.75, 3.05) is 0 Å². The van der Waals surface area contributed by atoms with E-state index in [2.05, 4.69) is 0 Å². The largest absolute Gasteiger partial charge is 1.00 e. The van der Waals surface area contributed by atoms with Gasteiger partial charge in [0.05, 0.1) is 0 Å². The molecule has 0 fully saturated rings. The summed E-state index contributed by atoms with van der Waals surface area (Å²) in [5.74, 6) is 0. The van der Waals surface area contributed by atoms with Crippen molar-refractivity contribution in [3.63, 3.8) is 0 Å². The van der Waals surface area contributed by atoms with E-state index in [9.17, 15) is 52.7 Å². The minimum Gasteiger partial charge on any atom is -0.741 e. The van der Waals surface area contributed by atoms with Crippen LogP contribution in [0.1, 0.15) is 0 Å². The van der Waals surface area contributed by atoms with Crippen molar-refractivity contribution in [2.45, 2.75) is 22.0 Å². The molecule has 42 heavy (non-hydrogen) atoms. The third kappa shape index (κ3) is 55.1. The van der Waals surface area contributed by atoms with E-state index in [1.165, 1.54) is 0 Å². The second-order valence-electron chi connectivity index (χ2n) is 3.79. The first-order valence-corrected chi connectivity index (χ1v) is 13.8. The molecule has 0 aliphatic heterocycles. The zero-order chi connectivity index (χ0) is 31.6. The summed E-state index contributed by atoms with van der Waals surface area (Å²) in [7, 11) is -24.4. The standard InChI is InChI=1S/4CHF3O3S.IO3.HI.5K/c4*2-1(3,4)8(5,6)7;2-1(3)4;;;;;;/h4*(H,5,6,7);;1H;;;;;/q;;;;-1;;5*+1/p-4. The molecule has 38 heteroatoms. The first kappa shape index (κ1) is 79.2. The molecule has 15 nitrogen and oxygen atoms in total. The third-order valence-corrected chi connectivity index (χ3v) is 3.40. The van der Waals surface area contributed by atoms with Gasteiger partial charge in [-0.15, -0.1) is 24.0 Å². The van der Waals surface area contributed by atoms with Crippen LogP contribution >= 0.6 is 24.0 Å². The van der Waals surface area contributed by atoms with Gasteiger partial charge in [-0.1, -0.05) is 0 Å². The molecule has 0 aliphatic carbocycles. The summed E-state index contributed by atoms with van der Waals surface area (Å²) in [6, 6.07) is 0. The van der Waals surface area contributed by atoms with E-state index in [4.69, 9.17) is 62.2 Å². The summed E-state index contributed by atoms with van der Waals surface area (Å²) in [6.07, 6.45) is 0. The molecule has 0 rings (SSSR count). The summed E-state index contributed by atoms with van der Waals surface area (Å²) >= 11 is -4.01. The predicted molar refractivity (Wildman–Crippen MR) is 78.4 cm³/mol. The molecule has 0 amide bonds. The Morgan fingerprint density at radius 2 is 0.381 bits per heavy atom. The van der Waals surface area contributed by atoms with E-state index < -0.39 is 83.6 Å². The molecular formula is C4HF12I2K5O15S4. The molecular weight excluding hydrogens is 1090 g/mol. The van der Waals surface area contributed by atoms with Crippen molar-refractivity contribution >= 4 is 64.4 Å². The van der Waals surface area contributed by atoms with Gasteiger partial charge in [0.15, 0.2) is 40.5 Å². The maximum atomic E-state index is 10.7. The molecule has 0 N–H and O–H groups in total. The molecule has 0 heterocycles. The van der Waals surface area contributed by atoms with E-state index in [1.807, 2.05) is 0 Å². The molecule has 0 bridgehead atoms. The molecule has 0 aromatic heterocycles. The van der Waals surface area contributed by atoms with Crippen LogP contribution in [0.3, 0.4) is 0 Å². The summed E-state index contributed by atoms with van der Waals surface area (Å²) < 4.78 is 261. The molecule has 0 aliphatic rings. The Hall–Kier alpha value is 8.32. The van der Waals surface area contributed by atoms with Crippen LogP contribution in [0.5, 0.6) is 0 Å². The Morgan fingerprint density at radius 3 is 0.381 bits per heavy atom. The average Bonchev–Trinajstić information content (AvgIpc) is 2.39. The fraction of sp³-hybridized carbons (Fsp3) is 1.00. The summed E-state index contributed by atoms with van der Waals surface area (Å²) in [6.45, 7) is 0. The Kier molecular flexibility index (Phi) is 61.7. The summed E-state index contributed by atoms with van der Waals surface area (Å²) in [4.78, 5) is 0. The molecule has 0 unspecified atom stereocenters. The Labute approximate surface area is 466 Å². The predicted octanol–water partition coefficient (Wildman–Crippen LogP) is -20.7. The molecule has 234 valence electrons. The van der Waals surface area contributed by atoms with Crippen LogP contribution in [0.4, 0.5) is 52.7 Å². The zero-order valence-corrected chi connectivity index (χ0v) is 43.4. The van der Waals surface area contributed by atoms with Crippen LogP contribution in [0.25, 0.3) is 0 Å². The van der Waals surface area contributed by atoms with Gasteiger partial charge in [0.2, 0.25) is 0 Å². The van der Waals surface area contributed by atoms with E-state index in [0.29, 0.717) is 0 Å². The second-order valence-corrected chi connectivity index (χ2v) is 10.4. The Morgan fingerprint density at radius 1 is 0.357 bits per heavy atom. The fourth-order valence-electron chi connectivity index (χ4n) is 0. The van der Waals surface area contributed by atoms with Gasteiger partial charge in [0, 0.05) is 0 Å². The van der Waals surface area contributed by atoms with Crippen molar-refractivity contribution in [3.05, 3.63) is 0 Å². The SMILES string of the molecule is I.O=S(=O)([O-])C(F)(F)F.O=S(=O)([O-])C(F)(F)F.O=S(=O)([O-])C(F)(F)F.O=S(=O)([O-])C(F)(F)F.[K+].[K+].[K+].[K+].[K+].[O-][I+2]([O-])[O-]. The monoisotopic (exact) mass is 1090 g/mol. The molecule has 0 atom stereocenters. The number of hydrogen-bond acceptors (Lipinski definition) is 15. The van der Waals surface area contributed by atoms with E-state index in [-0.39, 0.29) is 281 Å². The van der Waals surface area contributed by atoms with Gasteiger partial charge in [0.25, 0.3) is 21.1 Å². The van der Waals surface area contributed by atoms with Crippen molar-refractivity contribution < 1.29 is 393 Å².